The molecule has 0 saturated carbocycles. The predicted molar refractivity (Wildman–Crippen MR) is 76.7 cm³/mol. The zero-order chi connectivity index (χ0) is 16.1. The van der Waals surface area contributed by atoms with E-state index in [1.807, 2.05) is 41.1 Å². The molecule has 1 aromatic carbocycles. The number of carbonyl (C=O) groups is 2. The Morgan fingerprint density at radius 2 is 1.95 bits per heavy atom. The maximum atomic E-state index is 12.3. The van der Waals surface area contributed by atoms with E-state index < -0.39 is 30.8 Å². The third kappa shape index (κ3) is 4.03. The van der Waals surface area contributed by atoms with Crippen molar-refractivity contribution in [2.24, 2.45) is 0 Å². The molecule has 0 saturated heterocycles. The van der Waals surface area contributed by atoms with Gasteiger partial charge in [0, 0.05) is 31.1 Å². The molecule has 1 heterocycles. The summed E-state index contributed by atoms with van der Waals surface area (Å²) in [5, 5.41) is 12.0. The number of nitrogens with zero attached hydrogens (tertiary/aromatic N) is 1. The van der Waals surface area contributed by atoms with E-state index in [9.17, 15) is 18.4 Å². The average molecular weight is 310 g/mol. The SMILES string of the molecule is O=C(CCn1ccc2ccccc21)NC(CC(F)F)C(=O)O. The number of carbonyl (C=O) groups excluding carboxylic acids is 1. The first kappa shape index (κ1) is 15.9. The van der Waals surface area contributed by atoms with E-state index in [0.29, 0.717) is 6.54 Å². The van der Waals surface area contributed by atoms with Crippen LogP contribution in [0.15, 0.2) is 36.5 Å². The van der Waals surface area contributed by atoms with E-state index in [2.05, 4.69) is 5.32 Å². The summed E-state index contributed by atoms with van der Waals surface area (Å²) >= 11 is 0. The molecule has 1 atom stereocenters. The molecule has 5 nitrogen and oxygen atoms in total. The molecule has 0 aliphatic rings. The lowest BCUT2D eigenvalue weighted by Crippen LogP contribution is -2.42. The minimum atomic E-state index is -2.78. The minimum Gasteiger partial charge on any atom is -0.480 e. The largest absolute Gasteiger partial charge is 0.480 e. The number of hydrogen-bond donors (Lipinski definition) is 2. The van der Waals surface area contributed by atoms with Gasteiger partial charge in [0.2, 0.25) is 12.3 Å². The zero-order valence-corrected chi connectivity index (χ0v) is 11.7. The molecular weight excluding hydrogens is 294 g/mol. The molecule has 1 unspecified atom stereocenters. The van der Waals surface area contributed by atoms with Crippen molar-refractivity contribution in [2.75, 3.05) is 0 Å². The number of fused-ring (bicyclic) bond motifs is 1. The fourth-order valence-corrected chi connectivity index (χ4v) is 2.22. The summed E-state index contributed by atoms with van der Waals surface area (Å²) in [6.45, 7) is 0.348. The van der Waals surface area contributed by atoms with E-state index in [0.717, 1.165) is 10.9 Å². The van der Waals surface area contributed by atoms with Crippen molar-refractivity contribution in [3.05, 3.63) is 36.5 Å². The molecule has 2 rings (SSSR count). The van der Waals surface area contributed by atoms with Crippen LogP contribution in [0.5, 0.6) is 0 Å². The molecule has 22 heavy (non-hydrogen) atoms. The van der Waals surface area contributed by atoms with Gasteiger partial charge in [0.1, 0.15) is 6.04 Å². The van der Waals surface area contributed by atoms with Gasteiger partial charge in [-0.3, -0.25) is 4.79 Å². The molecule has 118 valence electrons. The molecule has 0 aliphatic carbocycles. The Morgan fingerprint density at radius 3 is 2.64 bits per heavy atom. The number of carboxylic acids is 1. The van der Waals surface area contributed by atoms with Gasteiger partial charge in [-0.15, -0.1) is 0 Å². The fraction of sp³-hybridized carbons (Fsp3) is 0.333. The van der Waals surface area contributed by atoms with Gasteiger partial charge in [-0.1, -0.05) is 18.2 Å². The number of aliphatic carboxylic acids is 1. The zero-order valence-electron chi connectivity index (χ0n) is 11.7. The monoisotopic (exact) mass is 310 g/mol. The number of nitrogens with one attached hydrogen (secondary N) is 1. The summed E-state index contributed by atoms with van der Waals surface area (Å²) in [4.78, 5) is 22.6. The number of rotatable bonds is 7. The van der Waals surface area contributed by atoms with Crippen molar-refractivity contribution < 1.29 is 23.5 Å². The normalized spacial score (nSPS) is 12.5. The second kappa shape index (κ2) is 7.02. The van der Waals surface area contributed by atoms with Crippen LogP contribution in [0.1, 0.15) is 12.8 Å². The van der Waals surface area contributed by atoms with Crippen molar-refractivity contribution >= 4 is 22.8 Å². The highest BCUT2D eigenvalue weighted by Crippen LogP contribution is 2.15. The van der Waals surface area contributed by atoms with Crippen LogP contribution >= 0.6 is 0 Å². The Hall–Kier alpha value is -2.44. The third-order valence-electron chi connectivity index (χ3n) is 3.31. The Morgan fingerprint density at radius 1 is 1.23 bits per heavy atom. The number of aryl methyl sites for hydroxylation is 1. The van der Waals surface area contributed by atoms with Gasteiger partial charge in [-0.2, -0.15) is 0 Å². The number of para-hydroxylation sites is 1. The van der Waals surface area contributed by atoms with Crippen LogP contribution in [0, 0.1) is 0 Å². The van der Waals surface area contributed by atoms with Crippen LogP contribution in [0.3, 0.4) is 0 Å². The lowest BCUT2D eigenvalue weighted by atomic mass is 10.2. The molecular formula is C15H16F2N2O3. The van der Waals surface area contributed by atoms with Crippen LogP contribution in [-0.4, -0.2) is 34.0 Å². The van der Waals surface area contributed by atoms with Crippen molar-refractivity contribution in [1.82, 2.24) is 9.88 Å². The third-order valence-corrected chi connectivity index (χ3v) is 3.31. The number of carboxylic acid groups (broad SMARTS) is 1. The van der Waals surface area contributed by atoms with E-state index in [1.165, 1.54) is 0 Å². The van der Waals surface area contributed by atoms with Crippen LogP contribution in [0.4, 0.5) is 8.78 Å². The lowest BCUT2D eigenvalue weighted by Gasteiger charge is -2.14. The molecule has 0 radical (unpaired) electrons. The van der Waals surface area contributed by atoms with Gasteiger partial charge in [-0.05, 0) is 17.5 Å². The van der Waals surface area contributed by atoms with Crippen LogP contribution in [-0.2, 0) is 16.1 Å². The summed E-state index contributed by atoms with van der Waals surface area (Å²) in [5.41, 5.74) is 0.956. The van der Waals surface area contributed by atoms with Gasteiger partial charge < -0.3 is 15.0 Å². The Bertz CT molecular complexity index is 670. The molecule has 7 heteroatoms. The van der Waals surface area contributed by atoms with Gasteiger partial charge in [0.05, 0.1) is 0 Å². The lowest BCUT2D eigenvalue weighted by molar-refractivity contribution is -0.143. The first-order valence-corrected chi connectivity index (χ1v) is 6.81. The Labute approximate surface area is 125 Å². The van der Waals surface area contributed by atoms with E-state index in [4.69, 9.17) is 5.11 Å². The van der Waals surface area contributed by atoms with Gasteiger partial charge in [-0.25, -0.2) is 13.6 Å². The molecule has 1 amide bonds. The van der Waals surface area contributed by atoms with E-state index in [1.54, 1.807) is 0 Å². The highest BCUT2D eigenvalue weighted by Gasteiger charge is 2.23. The predicted octanol–water partition coefficient (Wildman–Crippen LogP) is 2.26. The van der Waals surface area contributed by atoms with Crippen molar-refractivity contribution in [3.8, 4) is 0 Å². The molecule has 2 aromatic rings. The van der Waals surface area contributed by atoms with Crippen LogP contribution in [0.2, 0.25) is 0 Å². The average Bonchev–Trinajstić information content (AvgIpc) is 2.87. The maximum Gasteiger partial charge on any atom is 0.326 e. The highest BCUT2D eigenvalue weighted by atomic mass is 19.3. The number of aromatic nitrogens is 1. The second-order valence-electron chi connectivity index (χ2n) is 4.90. The number of halogens is 2. The summed E-state index contributed by atoms with van der Waals surface area (Å²) in [7, 11) is 0. The quantitative estimate of drug-likeness (QED) is 0.824. The summed E-state index contributed by atoms with van der Waals surface area (Å²) in [6.07, 6.45) is -1.83. The number of amides is 1. The second-order valence-corrected chi connectivity index (χ2v) is 4.90. The maximum absolute atomic E-state index is 12.3. The molecule has 1 aromatic heterocycles. The Balaban J connectivity index is 1.93. The first-order chi connectivity index (χ1) is 10.5. The van der Waals surface area contributed by atoms with E-state index in [-0.39, 0.29) is 6.42 Å². The highest BCUT2D eigenvalue weighted by molar-refractivity contribution is 5.84. The first-order valence-electron chi connectivity index (χ1n) is 6.81. The summed E-state index contributed by atoms with van der Waals surface area (Å²) in [5.74, 6) is -2.02. The molecule has 0 fully saturated rings. The van der Waals surface area contributed by atoms with E-state index >= 15 is 0 Å². The fourth-order valence-electron chi connectivity index (χ4n) is 2.22. The van der Waals surface area contributed by atoms with Crippen LogP contribution in [0.25, 0.3) is 10.9 Å². The molecule has 2 N–H and O–H groups in total. The minimum absolute atomic E-state index is 0.0195. The Kier molecular flexibility index (Phi) is 5.08. The topological polar surface area (TPSA) is 71.3 Å². The summed E-state index contributed by atoms with van der Waals surface area (Å²) in [6, 6.07) is 7.97. The van der Waals surface area contributed by atoms with Crippen molar-refractivity contribution in [2.45, 2.75) is 31.9 Å². The van der Waals surface area contributed by atoms with Crippen molar-refractivity contribution in [1.29, 1.82) is 0 Å². The van der Waals surface area contributed by atoms with Gasteiger partial charge in [0.15, 0.2) is 0 Å². The number of alkyl halides is 2. The van der Waals surface area contributed by atoms with Gasteiger partial charge in [0.25, 0.3) is 0 Å². The number of benzene rings is 1. The summed E-state index contributed by atoms with van der Waals surface area (Å²) < 4.78 is 26.4. The molecule has 0 spiro atoms. The van der Waals surface area contributed by atoms with Crippen LogP contribution < -0.4 is 5.32 Å². The molecule has 0 bridgehead atoms. The van der Waals surface area contributed by atoms with Gasteiger partial charge >= 0.3 is 5.97 Å². The molecule has 0 aliphatic heterocycles. The standard InChI is InChI=1S/C15H16F2N2O3/c16-13(17)9-11(15(21)22)18-14(20)6-8-19-7-5-10-3-1-2-4-12(10)19/h1-5,7,11,13H,6,8-9H2,(H,18,20)(H,21,22). The van der Waals surface area contributed by atoms with Crippen molar-refractivity contribution in [3.63, 3.8) is 0 Å². The smallest absolute Gasteiger partial charge is 0.326 e. The number of hydrogen-bond acceptors (Lipinski definition) is 2.